The first-order valence-corrected chi connectivity index (χ1v) is 9.55. The first kappa shape index (κ1) is 20.9. The predicted molar refractivity (Wildman–Crippen MR) is 105 cm³/mol. The molecule has 2 aliphatic heterocycles. The molecule has 2 heterocycles. The number of nitrogens with zero attached hydrogens (tertiary/aromatic N) is 2. The fourth-order valence-electron chi connectivity index (χ4n) is 3.47. The highest BCUT2D eigenvalue weighted by Crippen LogP contribution is 2.37. The molecular formula is C20H26FN3O5. The number of alkyl carbamates (subject to hydrolysis) is 1. The minimum absolute atomic E-state index is 0.0736. The molecule has 0 unspecified atom stereocenters. The Morgan fingerprint density at radius 1 is 1.34 bits per heavy atom. The third-order valence-electron chi connectivity index (χ3n) is 4.55. The first-order chi connectivity index (χ1) is 13.5. The van der Waals surface area contributed by atoms with Gasteiger partial charge in [-0.3, -0.25) is 9.69 Å². The number of amides is 3. The van der Waals surface area contributed by atoms with Gasteiger partial charge in [0.2, 0.25) is 5.91 Å². The molecule has 3 rings (SSSR count). The molecule has 0 spiro atoms. The molecule has 1 aromatic carbocycles. The van der Waals surface area contributed by atoms with E-state index in [2.05, 4.69) is 5.32 Å². The molecule has 8 nitrogen and oxygen atoms in total. The molecule has 0 bridgehead atoms. The Hall–Kier alpha value is -2.84. The summed E-state index contributed by atoms with van der Waals surface area (Å²) < 4.78 is 25.2. The SMILES string of the molecule is CC(C)N1C(=O)Cc2cc(N3C[C@H](CNC(=O)OC(C)(C)C)OC3=O)cc(F)c21. The number of halogens is 1. The van der Waals surface area contributed by atoms with Crippen molar-refractivity contribution >= 4 is 29.5 Å². The maximum absolute atomic E-state index is 14.8. The Morgan fingerprint density at radius 3 is 2.66 bits per heavy atom. The second-order valence-electron chi connectivity index (χ2n) is 8.47. The number of ether oxygens (including phenoxy) is 2. The van der Waals surface area contributed by atoms with E-state index < -0.39 is 29.7 Å². The second kappa shape index (κ2) is 7.53. The van der Waals surface area contributed by atoms with E-state index in [1.807, 2.05) is 13.8 Å². The summed E-state index contributed by atoms with van der Waals surface area (Å²) in [7, 11) is 0. The van der Waals surface area contributed by atoms with Gasteiger partial charge in [-0.2, -0.15) is 0 Å². The molecule has 0 aromatic heterocycles. The molecule has 0 radical (unpaired) electrons. The van der Waals surface area contributed by atoms with Gasteiger partial charge >= 0.3 is 12.2 Å². The Labute approximate surface area is 168 Å². The lowest BCUT2D eigenvalue weighted by atomic mass is 10.1. The van der Waals surface area contributed by atoms with Crippen molar-refractivity contribution in [1.82, 2.24) is 5.32 Å². The normalized spacial score (nSPS) is 18.9. The number of carbonyl (C=O) groups is 3. The summed E-state index contributed by atoms with van der Waals surface area (Å²) >= 11 is 0. The molecule has 29 heavy (non-hydrogen) atoms. The van der Waals surface area contributed by atoms with E-state index >= 15 is 0 Å². The zero-order valence-electron chi connectivity index (χ0n) is 17.2. The molecule has 1 aromatic rings. The van der Waals surface area contributed by atoms with Crippen LogP contribution in [-0.2, 0) is 20.7 Å². The van der Waals surface area contributed by atoms with Crippen molar-refractivity contribution in [2.45, 2.75) is 58.8 Å². The van der Waals surface area contributed by atoms with Gasteiger partial charge in [0.25, 0.3) is 0 Å². The van der Waals surface area contributed by atoms with Gasteiger partial charge in [-0.05, 0) is 52.3 Å². The highest BCUT2D eigenvalue weighted by Gasteiger charge is 2.37. The maximum Gasteiger partial charge on any atom is 0.414 e. The van der Waals surface area contributed by atoms with Crippen molar-refractivity contribution in [2.24, 2.45) is 0 Å². The quantitative estimate of drug-likeness (QED) is 0.829. The Bertz CT molecular complexity index is 849. The zero-order chi connectivity index (χ0) is 21.5. The van der Waals surface area contributed by atoms with Gasteiger partial charge in [0.1, 0.15) is 17.5 Å². The maximum atomic E-state index is 14.8. The van der Waals surface area contributed by atoms with Crippen molar-refractivity contribution < 1.29 is 28.2 Å². The Morgan fingerprint density at radius 2 is 2.03 bits per heavy atom. The van der Waals surface area contributed by atoms with E-state index in [4.69, 9.17) is 9.47 Å². The topological polar surface area (TPSA) is 88.2 Å². The molecule has 1 saturated heterocycles. The van der Waals surface area contributed by atoms with Crippen molar-refractivity contribution in [3.05, 3.63) is 23.5 Å². The van der Waals surface area contributed by atoms with Gasteiger partial charge in [-0.1, -0.05) is 0 Å². The third kappa shape index (κ3) is 4.44. The van der Waals surface area contributed by atoms with Gasteiger partial charge in [0.05, 0.1) is 30.9 Å². The summed E-state index contributed by atoms with van der Waals surface area (Å²) in [6, 6.07) is 2.71. The van der Waals surface area contributed by atoms with Crippen LogP contribution in [0.25, 0.3) is 0 Å². The number of hydrogen-bond acceptors (Lipinski definition) is 5. The number of anilines is 2. The summed E-state index contributed by atoms with van der Waals surface area (Å²) in [5.74, 6) is -0.727. The smallest absolute Gasteiger partial charge is 0.414 e. The lowest BCUT2D eigenvalue weighted by Crippen LogP contribution is -2.38. The number of nitrogens with one attached hydrogen (secondary N) is 1. The number of fused-ring (bicyclic) bond motifs is 1. The van der Waals surface area contributed by atoms with Crippen molar-refractivity contribution in [3.8, 4) is 0 Å². The zero-order valence-corrected chi connectivity index (χ0v) is 17.2. The molecule has 0 aliphatic carbocycles. The highest BCUT2D eigenvalue weighted by molar-refractivity contribution is 6.03. The van der Waals surface area contributed by atoms with Gasteiger partial charge in [0.15, 0.2) is 0 Å². The first-order valence-electron chi connectivity index (χ1n) is 9.55. The average molecular weight is 407 g/mol. The van der Waals surface area contributed by atoms with Gasteiger partial charge in [0, 0.05) is 6.04 Å². The minimum Gasteiger partial charge on any atom is -0.444 e. The molecule has 3 amide bonds. The van der Waals surface area contributed by atoms with Crippen LogP contribution in [0.2, 0.25) is 0 Å². The van der Waals surface area contributed by atoms with E-state index in [1.54, 1.807) is 26.8 Å². The molecule has 158 valence electrons. The van der Waals surface area contributed by atoms with Crippen LogP contribution in [0.1, 0.15) is 40.2 Å². The third-order valence-corrected chi connectivity index (χ3v) is 4.55. The van der Waals surface area contributed by atoms with Crippen LogP contribution in [-0.4, -0.2) is 48.9 Å². The number of rotatable bonds is 4. The summed E-state index contributed by atoms with van der Waals surface area (Å²) in [5.41, 5.74) is 0.502. The molecule has 1 fully saturated rings. The summed E-state index contributed by atoms with van der Waals surface area (Å²) in [5, 5.41) is 2.56. The van der Waals surface area contributed by atoms with Gasteiger partial charge < -0.3 is 19.7 Å². The van der Waals surface area contributed by atoms with Crippen LogP contribution in [0.5, 0.6) is 0 Å². The molecule has 9 heteroatoms. The van der Waals surface area contributed by atoms with Crippen molar-refractivity contribution in [3.63, 3.8) is 0 Å². The van der Waals surface area contributed by atoms with Crippen LogP contribution in [0.15, 0.2) is 12.1 Å². The minimum atomic E-state index is -0.634. The summed E-state index contributed by atoms with van der Waals surface area (Å²) in [6.07, 6.45) is -1.75. The van der Waals surface area contributed by atoms with Crippen LogP contribution >= 0.6 is 0 Å². The predicted octanol–water partition coefficient (Wildman–Crippen LogP) is 2.97. The van der Waals surface area contributed by atoms with Crippen LogP contribution in [0.3, 0.4) is 0 Å². The number of hydrogen-bond donors (Lipinski definition) is 1. The Balaban J connectivity index is 1.70. The van der Waals surface area contributed by atoms with E-state index in [0.717, 1.165) is 0 Å². The lowest BCUT2D eigenvalue weighted by Gasteiger charge is -2.23. The fourth-order valence-corrected chi connectivity index (χ4v) is 3.47. The summed E-state index contributed by atoms with van der Waals surface area (Å²) in [6.45, 7) is 9.10. The largest absolute Gasteiger partial charge is 0.444 e. The molecule has 1 atom stereocenters. The van der Waals surface area contributed by atoms with Crippen molar-refractivity contribution in [2.75, 3.05) is 22.9 Å². The molecular weight excluding hydrogens is 381 g/mol. The monoisotopic (exact) mass is 407 g/mol. The van der Waals surface area contributed by atoms with Crippen LogP contribution in [0, 0.1) is 5.82 Å². The lowest BCUT2D eigenvalue weighted by molar-refractivity contribution is -0.117. The van der Waals surface area contributed by atoms with E-state index in [0.29, 0.717) is 11.3 Å². The summed E-state index contributed by atoms with van der Waals surface area (Å²) in [4.78, 5) is 39.0. The standard InChI is InChI=1S/C20H26FN3O5/c1-11(2)24-16(25)7-12-6-13(8-15(21)17(12)24)23-10-14(28-19(23)27)9-22-18(26)29-20(3,4)5/h6,8,11,14H,7,9-10H2,1-5H3,(H,22,26)/t14-/m0/s1. The Kier molecular flexibility index (Phi) is 5.42. The number of benzene rings is 1. The molecule has 2 aliphatic rings. The molecule has 0 saturated carbocycles. The second-order valence-corrected chi connectivity index (χ2v) is 8.47. The number of carbonyl (C=O) groups excluding carboxylic acids is 3. The van der Waals surface area contributed by atoms with Crippen LogP contribution in [0.4, 0.5) is 25.4 Å². The van der Waals surface area contributed by atoms with Gasteiger partial charge in [-0.15, -0.1) is 0 Å². The van der Waals surface area contributed by atoms with E-state index in [9.17, 15) is 18.8 Å². The average Bonchev–Trinajstić information content (AvgIpc) is 3.10. The van der Waals surface area contributed by atoms with Crippen LogP contribution < -0.4 is 15.1 Å². The van der Waals surface area contributed by atoms with Gasteiger partial charge in [-0.25, -0.2) is 14.0 Å². The molecule has 1 N–H and O–H groups in total. The van der Waals surface area contributed by atoms with Crippen molar-refractivity contribution in [1.29, 1.82) is 0 Å². The number of cyclic esters (lactones) is 1. The highest BCUT2D eigenvalue weighted by atomic mass is 19.1. The van der Waals surface area contributed by atoms with E-state index in [1.165, 1.54) is 15.9 Å². The van der Waals surface area contributed by atoms with E-state index in [-0.39, 0.29) is 37.1 Å². The fraction of sp³-hybridized carbons (Fsp3) is 0.550.